The van der Waals surface area contributed by atoms with E-state index in [1.165, 1.54) is 23.0 Å². The molecule has 0 bridgehead atoms. The Labute approximate surface area is 216 Å². The highest BCUT2D eigenvalue weighted by Crippen LogP contribution is 2.62. The van der Waals surface area contributed by atoms with Gasteiger partial charge in [0.2, 0.25) is 0 Å². The molecule has 0 aliphatic heterocycles. The van der Waals surface area contributed by atoms with Gasteiger partial charge in [-0.15, -0.1) is 0 Å². The lowest BCUT2D eigenvalue weighted by molar-refractivity contribution is -0.384. The fourth-order valence-electron chi connectivity index (χ4n) is 4.84. The second-order valence-electron chi connectivity index (χ2n) is 9.99. The molecule has 5 rings (SSSR count). The standard InChI is InChI=1S/C30H30N3O3P/c1-5-32-28-17-10-9-16-26(28)27-21-25(18-19-29(27)32)37(30(2,3)4,36-24-14-7-6-8-15-24)31-22-12-11-13-23(20-22)33(34)35/h6-21H,5H2,1-4H3/t37-/m1/s1. The average molecular weight is 512 g/mol. The molecule has 0 fully saturated rings. The highest BCUT2D eigenvalue weighted by Gasteiger charge is 2.39. The lowest BCUT2D eigenvalue weighted by Crippen LogP contribution is -2.27. The topological polar surface area (TPSA) is 69.7 Å². The van der Waals surface area contributed by atoms with Gasteiger partial charge in [0.05, 0.1) is 10.6 Å². The number of aromatic nitrogens is 1. The Kier molecular flexibility index (Phi) is 6.38. The van der Waals surface area contributed by atoms with Gasteiger partial charge in [0.1, 0.15) is 5.75 Å². The van der Waals surface area contributed by atoms with E-state index in [2.05, 4.69) is 74.7 Å². The zero-order valence-corrected chi connectivity index (χ0v) is 22.4. The number of para-hydroxylation sites is 2. The minimum absolute atomic E-state index is 0.00874. The van der Waals surface area contributed by atoms with Crippen LogP contribution < -0.4 is 9.83 Å². The lowest BCUT2D eigenvalue weighted by atomic mass is 10.1. The molecular formula is C30H30N3O3P. The number of nitro benzene ring substituents is 1. The summed E-state index contributed by atoms with van der Waals surface area (Å²) in [5.41, 5.74) is 2.89. The minimum atomic E-state index is -2.81. The molecule has 6 nitrogen and oxygen atoms in total. The highest BCUT2D eigenvalue weighted by molar-refractivity contribution is 7.71. The van der Waals surface area contributed by atoms with Gasteiger partial charge in [-0.05, 0) is 49.4 Å². The van der Waals surface area contributed by atoms with Crippen LogP contribution in [0.5, 0.6) is 5.75 Å². The van der Waals surface area contributed by atoms with E-state index in [-0.39, 0.29) is 10.6 Å². The summed E-state index contributed by atoms with van der Waals surface area (Å²) in [6.07, 6.45) is 0. The van der Waals surface area contributed by atoms with E-state index >= 15 is 0 Å². The van der Waals surface area contributed by atoms with E-state index in [1.54, 1.807) is 6.07 Å². The van der Waals surface area contributed by atoms with Crippen LogP contribution in [-0.2, 0) is 6.54 Å². The number of rotatable bonds is 6. The normalized spacial score (nSPS) is 13.4. The van der Waals surface area contributed by atoms with Crippen molar-refractivity contribution < 1.29 is 9.45 Å². The van der Waals surface area contributed by atoms with Crippen molar-refractivity contribution in [2.24, 2.45) is 4.74 Å². The van der Waals surface area contributed by atoms with Crippen LogP contribution in [0.3, 0.4) is 0 Å². The van der Waals surface area contributed by atoms with Crippen molar-refractivity contribution in [2.45, 2.75) is 39.4 Å². The molecule has 0 amide bonds. The smallest absolute Gasteiger partial charge is 0.271 e. The van der Waals surface area contributed by atoms with Crippen LogP contribution in [0.4, 0.5) is 11.4 Å². The van der Waals surface area contributed by atoms with Crippen LogP contribution in [0, 0.1) is 10.1 Å². The largest absolute Gasteiger partial charge is 0.455 e. The maximum Gasteiger partial charge on any atom is 0.271 e. The van der Waals surface area contributed by atoms with Gasteiger partial charge in [0.15, 0.2) is 7.28 Å². The van der Waals surface area contributed by atoms with Crippen molar-refractivity contribution >= 4 is 45.8 Å². The Bertz CT molecular complexity index is 1670. The summed E-state index contributed by atoms with van der Waals surface area (Å²) in [6, 6.07) is 31.1. The number of nitrogens with zero attached hydrogens (tertiary/aromatic N) is 3. The summed E-state index contributed by atoms with van der Waals surface area (Å²) < 4.78 is 14.5. The quantitative estimate of drug-likeness (QED) is 0.130. The van der Waals surface area contributed by atoms with E-state index < -0.39 is 12.4 Å². The van der Waals surface area contributed by atoms with Crippen molar-refractivity contribution in [2.75, 3.05) is 0 Å². The van der Waals surface area contributed by atoms with Gasteiger partial charge < -0.3 is 9.09 Å². The third-order valence-electron chi connectivity index (χ3n) is 6.61. The SMILES string of the molecule is CCn1c2ccccc2c2cc([P@@](=Nc3cccc([N+](=O)[O-])c3)(Oc3ccccc3)C(C)(C)C)ccc21. The summed E-state index contributed by atoms with van der Waals surface area (Å²) in [5, 5.41) is 14.4. The number of benzene rings is 4. The second-order valence-corrected chi connectivity index (χ2v) is 13.4. The zero-order valence-electron chi connectivity index (χ0n) is 21.5. The first kappa shape index (κ1) is 24.8. The number of nitro groups is 1. The van der Waals surface area contributed by atoms with Crippen LogP contribution in [0.2, 0.25) is 0 Å². The first-order valence-corrected chi connectivity index (χ1v) is 14.0. The van der Waals surface area contributed by atoms with Crippen molar-refractivity contribution in [1.82, 2.24) is 4.57 Å². The summed E-state index contributed by atoms with van der Waals surface area (Å²) in [6.45, 7) is 9.40. The van der Waals surface area contributed by atoms with Gasteiger partial charge in [-0.25, -0.2) is 4.74 Å². The number of hydrogen-bond acceptors (Lipinski definition) is 4. The molecule has 1 atom stereocenters. The lowest BCUT2D eigenvalue weighted by Gasteiger charge is -2.37. The fraction of sp³-hybridized carbons (Fsp3) is 0.200. The van der Waals surface area contributed by atoms with E-state index in [9.17, 15) is 10.1 Å². The average Bonchev–Trinajstić information content (AvgIpc) is 3.21. The maximum atomic E-state index is 11.5. The Morgan fingerprint density at radius 3 is 2.27 bits per heavy atom. The molecule has 4 aromatic carbocycles. The first-order chi connectivity index (χ1) is 17.7. The summed E-state index contributed by atoms with van der Waals surface area (Å²) in [5.74, 6) is 0.719. The van der Waals surface area contributed by atoms with Crippen LogP contribution in [0.15, 0.2) is 102 Å². The van der Waals surface area contributed by atoms with Gasteiger partial charge in [0.25, 0.3) is 5.69 Å². The molecule has 0 saturated heterocycles. The summed E-state index contributed by atoms with van der Waals surface area (Å²) >= 11 is 0. The van der Waals surface area contributed by atoms with Gasteiger partial charge in [-0.3, -0.25) is 10.1 Å². The van der Waals surface area contributed by atoms with Gasteiger partial charge in [0, 0.05) is 50.9 Å². The fourth-order valence-corrected chi connectivity index (χ4v) is 7.91. The minimum Gasteiger partial charge on any atom is -0.455 e. The molecule has 37 heavy (non-hydrogen) atoms. The number of aryl methyl sites for hydroxylation is 1. The molecule has 0 saturated carbocycles. The van der Waals surface area contributed by atoms with Crippen molar-refractivity contribution in [1.29, 1.82) is 0 Å². The van der Waals surface area contributed by atoms with Gasteiger partial charge in [-0.1, -0.05) is 63.2 Å². The van der Waals surface area contributed by atoms with Gasteiger partial charge >= 0.3 is 0 Å². The Hall–Kier alpha value is -3.89. The molecule has 1 aromatic heterocycles. The number of fused-ring (bicyclic) bond motifs is 3. The molecule has 0 aliphatic rings. The number of hydrogen-bond donors (Lipinski definition) is 0. The predicted octanol–water partition coefficient (Wildman–Crippen LogP) is 8.67. The van der Waals surface area contributed by atoms with E-state index in [0.29, 0.717) is 5.69 Å². The zero-order chi connectivity index (χ0) is 26.2. The Morgan fingerprint density at radius 2 is 1.57 bits per heavy atom. The number of non-ortho nitro benzene ring substituents is 1. The molecule has 0 spiro atoms. The van der Waals surface area contributed by atoms with Crippen LogP contribution in [0.25, 0.3) is 21.8 Å². The van der Waals surface area contributed by atoms with Crippen LogP contribution in [-0.4, -0.2) is 14.6 Å². The molecule has 5 aromatic rings. The first-order valence-electron chi connectivity index (χ1n) is 12.4. The van der Waals surface area contributed by atoms with Crippen molar-refractivity contribution in [3.8, 4) is 5.75 Å². The predicted molar refractivity (Wildman–Crippen MR) is 154 cm³/mol. The third kappa shape index (κ3) is 4.42. The monoisotopic (exact) mass is 511 g/mol. The van der Waals surface area contributed by atoms with E-state index in [1.807, 2.05) is 36.4 Å². The summed E-state index contributed by atoms with van der Waals surface area (Å²) in [7, 11) is -2.81. The molecule has 0 aliphatic carbocycles. The summed E-state index contributed by atoms with van der Waals surface area (Å²) in [4.78, 5) is 11.1. The second kappa shape index (κ2) is 9.53. The van der Waals surface area contributed by atoms with Crippen molar-refractivity contribution in [3.05, 3.63) is 107 Å². The molecule has 0 radical (unpaired) electrons. The molecule has 7 heteroatoms. The molecule has 188 valence electrons. The molecule has 0 N–H and O–H groups in total. The van der Waals surface area contributed by atoms with Crippen LogP contribution in [0.1, 0.15) is 27.7 Å². The Balaban J connectivity index is 1.85. The highest BCUT2D eigenvalue weighted by atomic mass is 31.2. The van der Waals surface area contributed by atoms with Crippen molar-refractivity contribution in [3.63, 3.8) is 0 Å². The molecular weight excluding hydrogens is 481 g/mol. The van der Waals surface area contributed by atoms with Crippen LogP contribution >= 0.6 is 7.28 Å². The van der Waals surface area contributed by atoms with E-state index in [4.69, 9.17) is 9.27 Å². The maximum absolute atomic E-state index is 11.5. The Morgan fingerprint density at radius 1 is 0.865 bits per heavy atom. The third-order valence-corrected chi connectivity index (χ3v) is 10.4. The van der Waals surface area contributed by atoms with Gasteiger partial charge in [-0.2, -0.15) is 0 Å². The molecule has 1 heterocycles. The molecule has 0 unspecified atom stereocenters. The van der Waals surface area contributed by atoms with E-state index in [0.717, 1.165) is 28.5 Å².